The highest BCUT2D eigenvalue weighted by Crippen LogP contribution is 2.30. The third-order valence-electron chi connectivity index (χ3n) is 3.93. The van der Waals surface area contributed by atoms with Gasteiger partial charge in [0, 0.05) is 23.9 Å². The first-order chi connectivity index (χ1) is 9.70. The van der Waals surface area contributed by atoms with Crippen molar-refractivity contribution in [2.24, 2.45) is 5.92 Å². The first-order valence-corrected chi connectivity index (χ1v) is 6.77. The molecule has 1 fully saturated rings. The third kappa shape index (κ3) is 2.14. The van der Waals surface area contributed by atoms with E-state index in [2.05, 4.69) is 16.1 Å². The number of nitrogens with one attached hydrogen (secondary N) is 3. The van der Waals surface area contributed by atoms with Crippen LogP contribution in [0.5, 0.6) is 0 Å². The van der Waals surface area contributed by atoms with E-state index in [4.69, 9.17) is 4.74 Å². The minimum Gasteiger partial charge on any atom is -0.466 e. The summed E-state index contributed by atoms with van der Waals surface area (Å²) in [5.74, 6) is -0.280. The van der Waals surface area contributed by atoms with Gasteiger partial charge < -0.3 is 20.8 Å². The van der Waals surface area contributed by atoms with Crippen molar-refractivity contribution in [2.75, 3.05) is 20.2 Å². The van der Waals surface area contributed by atoms with Crippen molar-refractivity contribution in [2.45, 2.75) is 19.0 Å². The number of amides is 1. The summed E-state index contributed by atoms with van der Waals surface area (Å²) in [6.45, 7) is 1.89. The molecule has 3 aliphatic heterocycles. The average Bonchev–Trinajstić information content (AvgIpc) is 2.90. The average molecular weight is 278 g/mol. The second kappa shape index (κ2) is 5.16. The van der Waals surface area contributed by atoms with Crippen LogP contribution < -0.4 is 16.1 Å². The third-order valence-corrected chi connectivity index (χ3v) is 3.93. The van der Waals surface area contributed by atoms with Gasteiger partial charge in [0.1, 0.15) is 0 Å². The molecule has 3 heterocycles. The number of allylic oxidation sites excluding steroid dienone is 1. The molecule has 3 N–H and O–H groups in total. The summed E-state index contributed by atoms with van der Waals surface area (Å²) in [4.78, 5) is 23.6. The quantitative estimate of drug-likeness (QED) is 0.574. The lowest BCUT2D eigenvalue weighted by Crippen LogP contribution is -2.54. The lowest BCUT2D eigenvalue weighted by molar-refractivity contribution is -0.136. The molecule has 1 unspecified atom stereocenters. The first kappa shape index (κ1) is 13.0. The zero-order chi connectivity index (χ0) is 14.1. The lowest BCUT2D eigenvalue weighted by Gasteiger charge is -2.38. The molecule has 0 aliphatic carbocycles. The molecule has 7 heteroatoms. The van der Waals surface area contributed by atoms with E-state index in [1.165, 1.54) is 7.11 Å². The molecule has 1 saturated heterocycles. The minimum atomic E-state index is -0.482. The summed E-state index contributed by atoms with van der Waals surface area (Å²) in [5, 5.41) is 7.93. The second-order valence-corrected chi connectivity index (χ2v) is 5.09. The van der Waals surface area contributed by atoms with Crippen LogP contribution in [0.15, 0.2) is 23.5 Å². The summed E-state index contributed by atoms with van der Waals surface area (Å²) in [6.07, 6.45) is 4.70. The van der Waals surface area contributed by atoms with Crippen LogP contribution in [-0.2, 0) is 14.3 Å². The highest BCUT2D eigenvalue weighted by molar-refractivity contribution is 5.95. The zero-order valence-corrected chi connectivity index (χ0v) is 11.3. The molecule has 3 rings (SSSR count). The zero-order valence-electron chi connectivity index (χ0n) is 11.3. The van der Waals surface area contributed by atoms with Gasteiger partial charge >= 0.3 is 5.97 Å². The molecule has 7 nitrogen and oxygen atoms in total. The molecular weight excluding hydrogens is 260 g/mol. The normalized spacial score (nSPS) is 26.1. The van der Waals surface area contributed by atoms with Crippen molar-refractivity contribution in [1.82, 2.24) is 21.1 Å². The Balaban J connectivity index is 1.83. The number of methoxy groups -OCH3 is 1. The molecule has 3 aliphatic rings. The van der Waals surface area contributed by atoms with Gasteiger partial charge in [-0.15, -0.1) is 0 Å². The van der Waals surface area contributed by atoms with Crippen molar-refractivity contribution < 1.29 is 14.3 Å². The van der Waals surface area contributed by atoms with Gasteiger partial charge in [-0.1, -0.05) is 0 Å². The van der Waals surface area contributed by atoms with E-state index in [0.29, 0.717) is 11.5 Å². The highest BCUT2D eigenvalue weighted by atomic mass is 16.5. The Morgan fingerprint density at radius 3 is 2.85 bits per heavy atom. The SMILES string of the molecule is COC(=O)C1=CNN2C(C3CCNCC3)=CC(=O)NC12. The number of fused-ring (bicyclic) bond motifs is 1. The highest BCUT2D eigenvalue weighted by Gasteiger charge is 2.39. The molecule has 0 aromatic carbocycles. The summed E-state index contributed by atoms with van der Waals surface area (Å²) in [7, 11) is 1.33. The minimum absolute atomic E-state index is 0.168. The Labute approximate surface area is 117 Å². The first-order valence-electron chi connectivity index (χ1n) is 6.77. The van der Waals surface area contributed by atoms with E-state index >= 15 is 0 Å². The number of hydrogen-bond donors (Lipinski definition) is 3. The van der Waals surface area contributed by atoms with E-state index in [-0.39, 0.29) is 5.91 Å². The number of hydrogen-bond acceptors (Lipinski definition) is 6. The van der Waals surface area contributed by atoms with E-state index < -0.39 is 12.1 Å². The molecule has 0 aromatic heterocycles. The van der Waals surface area contributed by atoms with E-state index in [9.17, 15) is 9.59 Å². The Morgan fingerprint density at radius 1 is 1.40 bits per heavy atom. The lowest BCUT2D eigenvalue weighted by atomic mass is 9.92. The maximum absolute atomic E-state index is 11.9. The molecule has 0 radical (unpaired) electrons. The monoisotopic (exact) mass is 278 g/mol. The Morgan fingerprint density at radius 2 is 2.15 bits per heavy atom. The van der Waals surface area contributed by atoms with Crippen molar-refractivity contribution in [3.63, 3.8) is 0 Å². The van der Waals surface area contributed by atoms with Crippen LogP contribution in [0.2, 0.25) is 0 Å². The molecule has 1 amide bonds. The number of nitrogens with zero attached hydrogens (tertiary/aromatic N) is 1. The predicted molar refractivity (Wildman–Crippen MR) is 70.7 cm³/mol. The number of carbonyl (C=O) groups is 2. The molecule has 0 saturated carbocycles. The number of esters is 1. The summed E-state index contributed by atoms with van der Waals surface area (Å²) < 4.78 is 4.74. The standard InChI is InChI=1S/C13H18N4O3/c1-20-13(19)9-7-15-17-10(6-11(18)16-12(9)17)8-2-4-14-5-3-8/h6-8,12,14-15H,2-5H2,1H3,(H,16,18). The fourth-order valence-corrected chi connectivity index (χ4v) is 2.90. The molecule has 1 atom stereocenters. The van der Waals surface area contributed by atoms with Crippen LogP contribution in [0, 0.1) is 5.92 Å². The van der Waals surface area contributed by atoms with E-state index in [0.717, 1.165) is 31.6 Å². The van der Waals surface area contributed by atoms with Gasteiger partial charge in [0.25, 0.3) is 0 Å². The summed E-state index contributed by atoms with van der Waals surface area (Å²) in [6, 6.07) is 0. The van der Waals surface area contributed by atoms with Crippen LogP contribution in [0.25, 0.3) is 0 Å². The Bertz CT molecular complexity index is 494. The van der Waals surface area contributed by atoms with Crippen LogP contribution in [0.3, 0.4) is 0 Å². The smallest absolute Gasteiger partial charge is 0.339 e. The molecular formula is C13H18N4O3. The van der Waals surface area contributed by atoms with E-state index in [1.54, 1.807) is 12.3 Å². The molecule has 0 aromatic rings. The van der Waals surface area contributed by atoms with Crippen molar-refractivity contribution >= 4 is 11.9 Å². The molecule has 108 valence electrons. The number of piperidine rings is 1. The van der Waals surface area contributed by atoms with Gasteiger partial charge in [0.2, 0.25) is 5.91 Å². The van der Waals surface area contributed by atoms with Gasteiger partial charge in [0.05, 0.1) is 12.7 Å². The summed E-state index contributed by atoms with van der Waals surface area (Å²) in [5.41, 5.74) is 4.42. The van der Waals surface area contributed by atoms with Crippen LogP contribution in [0.4, 0.5) is 0 Å². The Kier molecular flexibility index (Phi) is 3.35. The van der Waals surface area contributed by atoms with Crippen LogP contribution in [0.1, 0.15) is 12.8 Å². The van der Waals surface area contributed by atoms with Crippen LogP contribution in [-0.4, -0.2) is 43.3 Å². The maximum Gasteiger partial charge on any atom is 0.339 e. The number of ether oxygens (including phenoxy) is 1. The van der Waals surface area contributed by atoms with Gasteiger partial charge in [0.15, 0.2) is 6.17 Å². The molecule has 20 heavy (non-hydrogen) atoms. The predicted octanol–water partition coefficient (Wildman–Crippen LogP) is -0.797. The number of rotatable bonds is 2. The molecule has 0 spiro atoms. The van der Waals surface area contributed by atoms with Gasteiger partial charge in [-0.3, -0.25) is 9.80 Å². The topological polar surface area (TPSA) is 82.7 Å². The second-order valence-electron chi connectivity index (χ2n) is 5.09. The van der Waals surface area contributed by atoms with Crippen molar-refractivity contribution in [3.8, 4) is 0 Å². The largest absolute Gasteiger partial charge is 0.466 e. The fourth-order valence-electron chi connectivity index (χ4n) is 2.90. The maximum atomic E-state index is 11.9. The molecule has 0 bridgehead atoms. The van der Waals surface area contributed by atoms with E-state index in [1.807, 2.05) is 5.01 Å². The summed E-state index contributed by atoms with van der Waals surface area (Å²) >= 11 is 0. The van der Waals surface area contributed by atoms with Crippen molar-refractivity contribution in [1.29, 1.82) is 0 Å². The van der Waals surface area contributed by atoms with Crippen LogP contribution >= 0.6 is 0 Å². The fraction of sp³-hybridized carbons (Fsp3) is 0.538. The number of hydrazine groups is 1. The number of carbonyl (C=O) groups excluding carboxylic acids is 2. The van der Waals surface area contributed by atoms with Gasteiger partial charge in [-0.25, -0.2) is 4.79 Å². The van der Waals surface area contributed by atoms with Gasteiger partial charge in [-0.2, -0.15) is 0 Å². The van der Waals surface area contributed by atoms with Gasteiger partial charge in [-0.05, 0) is 25.9 Å². The Hall–Kier alpha value is -2.02. The van der Waals surface area contributed by atoms with Crippen molar-refractivity contribution in [3.05, 3.63) is 23.5 Å².